The Morgan fingerprint density at radius 1 is 1.00 bits per heavy atom. The Labute approximate surface area is 176 Å². The molecule has 0 spiro atoms. The number of methoxy groups -OCH3 is 2. The molecule has 0 saturated carbocycles. The summed E-state index contributed by atoms with van der Waals surface area (Å²) in [5, 5.41) is 8.45. The molecule has 0 aliphatic heterocycles. The normalized spacial score (nSPS) is 11.5. The molecule has 0 amide bonds. The summed E-state index contributed by atoms with van der Waals surface area (Å²) >= 11 is 6.05. The number of rotatable bonds is 9. The van der Waals surface area contributed by atoms with Crippen molar-refractivity contribution in [3.8, 4) is 22.9 Å². The van der Waals surface area contributed by atoms with Gasteiger partial charge in [-0.25, -0.2) is 0 Å². The molecule has 0 bridgehead atoms. The average Bonchev–Trinajstić information content (AvgIpc) is 3.24. The van der Waals surface area contributed by atoms with Gasteiger partial charge in [-0.3, -0.25) is 5.32 Å². The first kappa shape index (κ1) is 21.1. The van der Waals surface area contributed by atoms with Gasteiger partial charge in [0, 0.05) is 16.1 Å². The second-order valence-corrected chi connectivity index (χ2v) is 7.17. The van der Waals surface area contributed by atoms with Crippen LogP contribution in [-0.2, 0) is 12.1 Å². The van der Waals surface area contributed by atoms with Crippen molar-refractivity contribution in [2.45, 2.75) is 38.8 Å². The van der Waals surface area contributed by atoms with Crippen LogP contribution in [-0.4, -0.2) is 24.4 Å². The van der Waals surface area contributed by atoms with Gasteiger partial charge in [-0.05, 0) is 48.7 Å². The number of hydrogen-bond acceptors (Lipinski definition) is 6. The molecule has 0 aliphatic carbocycles. The van der Waals surface area contributed by atoms with Crippen LogP contribution in [0.5, 0.6) is 11.5 Å². The quantitative estimate of drug-likeness (QED) is 0.517. The van der Waals surface area contributed by atoms with E-state index in [1.54, 1.807) is 14.2 Å². The fourth-order valence-corrected chi connectivity index (χ4v) is 3.57. The van der Waals surface area contributed by atoms with E-state index in [4.69, 9.17) is 25.6 Å². The van der Waals surface area contributed by atoms with Crippen molar-refractivity contribution in [1.29, 1.82) is 0 Å². The topological polar surface area (TPSA) is 69.4 Å². The first-order valence-electron chi connectivity index (χ1n) is 9.61. The molecule has 6 nitrogen and oxygen atoms in total. The summed E-state index contributed by atoms with van der Waals surface area (Å²) in [6.07, 6.45) is 1.84. The number of halogens is 1. The lowest BCUT2D eigenvalue weighted by atomic mass is 9.84. The summed E-state index contributed by atoms with van der Waals surface area (Å²) < 4.78 is 16.1. The Bertz CT molecular complexity index is 937. The zero-order chi connectivity index (χ0) is 20.9. The largest absolute Gasteiger partial charge is 0.493 e. The third-order valence-electron chi connectivity index (χ3n) is 5.29. The summed E-state index contributed by atoms with van der Waals surface area (Å²) in [4.78, 5) is 4.53. The van der Waals surface area contributed by atoms with Crippen LogP contribution in [0.2, 0.25) is 5.02 Å². The van der Waals surface area contributed by atoms with Crippen molar-refractivity contribution in [3.05, 3.63) is 58.9 Å². The molecule has 0 radical (unpaired) electrons. The number of benzene rings is 2. The number of hydrogen-bond donors (Lipinski definition) is 1. The fourth-order valence-electron chi connectivity index (χ4n) is 3.44. The second-order valence-electron chi connectivity index (χ2n) is 6.73. The minimum atomic E-state index is -0.192. The standard InChI is InChI=1S/C22H26ClN3O3/c1-5-22(6-2,16-8-10-17(23)11-9-16)24-14-20-25-21(26-29-20)15-7-12-18(27-3)19(13-15)28-4/h7-13,24H,5-6,14H2,1-4H3. The monoisotopic (exact) mass is 415 g/mol. The molecule has 3 aromatic rings. The summed E-state index contributed by atoms with van der Waals surface area (Å²) in [5.74, 6) is 2.30. The molecule has 2 aromatic carbocycles. The predicted molar refractivity (Wildman–Crippen MR) is 113 cm³/mol. The highest BCUT2D eigenvalue weighted by molar-refractivity contribution is 6.30. The maximum absolute atomic E-state index is 6.05. The van der Waals surface area contributed by atoms with Crippen molar-refractivity contribution in [1.82, 2.24) is 15.5 Å². The molecule has 0 saturated heterocycles. The lowest BCUT2D eigenvalue weighted by Crippen LogP contribution is -2.41. The van der Waals surface area contributed by atoms with Crippen LogP contribution < -0.4 is 14.8 Å². The van der Waals surface area contributed by atoms with Crippen molar-refractivity contribution < 1.29 is 14.0 Å². The maximum atomic E-state index is 6.05. The van der Waals surface area contributed by atoms with Gasteiger partial charge in [0.25, 0.3) is 0 Å². The minimum absolute atomic E-state index is 0.192. The van der Waals surface area contributed by atoms with Gasteiger partial charge in [0.2, 0.25) is 11.7 Å². The van der Waals surface area contributed by atoms with E-state index in [0.717, 1.165) is 23.4 Å². The zero-order valence-electron chi connectivity index (χ0n) is 17.2. The van der Waals surface area contributed by atoms with E-state index < -0.39 is 0 Å². The molecule has 1 aromatic heterocycles. The summed E-state index contributed by atoms with van der Waals surface area (Å²) in [6, 6.07) is 13.5. The van der Waals surface area contributed by atoms with Gasteiger partial charge in [0.1, 0.15) is 0 Å². The molecular formula is C22H26ClN3O3. The number of aromatic nitrogens is 2. The van der Waals surface area contributed by atoms with Gasteiger partial charge in [-0.1, -0.05) is 42.7 Å². The Morgan fingerprint density at radius 2 is 1.69 bits per heavy atom. The second kappa shape index (κ2) is 9.29. The average molecular weight is 416 g/mol. The Hall–Kier alpha value is -2.57. The Kier molecular flexibility index (Phi) is 6.77. The molecule has 0 aliphatic rings. The molecule has 3 rings (SSSR count). The van der Waals surface area contributed by atoms with Crippen LogP contribution in [0.25, 0.3) is 11.4 Å². The van der Waals surface area contributed by atoms with Crippen LogP contribution in [0, 0.1) is 0 Å². The van der Waals surface area contributed by atoms with Crippen LogP contribution in [0.1, 0.15) is 38.1 Å². The van der Waals surface area contributed by atoms with Gasteiger partial charge in [-0.15, -0.1) is 0 Å². The molecule has 1 N–H and O–H groups in total. The first-order valence-corrected chi connectivity index (χ1v) is 9.99. The Balaban J connectivity index is 1.78. The van der Waals surface area contributed by atoms with E-state index in [2.05, 4.69) is 41.4 Å². The van der Waals surface area contributed by atoms with Crippen molar-refractivity contribution in [2.24, 2.45) is 0 Å². The van der Waals surface area contributed by atoms with Crippen molar-refractivity contribution >= 4 is 11.6 Å². The zero-order valence-corrected chi connectivity index (χ0v) is 17.9. The van der Waals surface area contributed by atoms with Crippen LogP contribution in [0.4, 0.5) is 0 Å². The molecule has 0 fully saturated rings. The van der Waals surface area contributed by atoms with Crippen LogP contribution >= 0.6 is 11.6 Å². The molecule has 0 unspecified atom stereocenters. The van der Waals surface area contributed by atoms with Gasteiger partial charge in [0.05, 0.1) is 20.8 Å². The van der Waals surface area contributed by atoms with Gasteiger partial charge in [0.15, 0.2) is 11.5 Å². The SMILES string of the molecule is CCC(CC)(NCc1nc(-c2ccc(OC)c(OC)c2)no1)c1ccc(Cl)cc1. The molecule has 0 atom stereocenters. The highest BCUT2D eigenvalue weighted by Gasteiger charge is 2.28. The third kappa shape index (κ3) is 4.54. The smallest absolute Gasteiger partial charge is 0.240 e. The highest BCUT2D eigenvalue weighted by atomic mass is 35.5. The summed E-state index contributed by atoms with van der Waals surface area (Å²) in [7, 11) is 3.20. The van der Waals surface area contributed by atoms with E-state index in [1.165, 1.54) is 5.56 Å². The van der Waals surface area contributed by atoms with E-state index in [1.807, 2.05) is 30.3 Å². The van der Waals surface area contributed by atoms with E-state index in [9.17, 15) is 0 Å². The fraction of sp³-hybridized carbons (Fsp3) is 0.364. The molecule has 154 valence electrons. The van der Waals surface area contributed by atoms with Crippen molar-refractivity contribution in [3.63, 3.8) is 0 Å². The third-order valence-corrected chi connectivity index (χ3v) is 5.54. The van der Waals surface area contributed by atoms with Gasteiger partial charge in [-0.2, -0.15) is 4.98 Å². The predicted octanol–water partition coefficient (Wildman–Crippen LogP) is 5.21. The molecule has 1 heterocycles. The lowest BCUT2D eigenvalue weighted by Gasteiger charge is -2.33. The molecule has 29 heavy (non-hydrogen) atoms. The maximum Gasteiger partial charge on any atom is 0.240 e. The molecular weight excluding hydrogens is 390 g/mol. The van der Waals surface area contributed by atoms with E-state index >= 15 is 0 Å². The molecule has 7 heteroatoms. The Morgan fingerprint density at radius 3 is 2.31 bits per heavy atom. The van der Waals surface area contributed by atoms with E-state index in [0.29, 0.717) is 29.8 Å². The van der Waals surface area contributed by atoms with Crippen LogP contribution in [0.3, 0.4) is 0 Å². The number of nitrogens with zero attached hydrogens (tertiary/aromatic N) is 2. The minimum Gasteiger partial charge on any atom is -0.493 e. The number of nitrogens with one attached hydrogen (secondary N) is 1. The first-order chi connectivity index (χ1) is 14.0. The van der Waals surface area contributed by atoms with Gasteiger partial charge < -0.3 is 14.0 Å². The number of ether oxygens (including phenoxy) is 2. The lowest BCUT2D eigenvalue weighted by molar-refractivity contribution is 0.277. The summed E-state index contributed by atoms with van der Waals surface area (Å²) in [5.41, 5.74) is 1.79. The van der Waals surface area contributed by atoms with Gasteiger partial charge >= 0.3 is 0 Å². The summed E-state index contributed by atoms with van der Waals surface area (Å²) in [6.45, 7) is 4.78. The van der Waals surface area contributed by atoms with Crippen molar-refractivity contribution in [2.75, 3.05) is 14.2 Å². The highest BCUT2D eigenvalue weighted by Crippen LogP contribution is 2.32. The van der Waals surface area contributed by atoms with Crippen LogP contribution in [0.15, 0.2) is 47.0 Å². The van der Waals surface area contributed by atoms with E-state index in [-0.39, 0.29) is 5.54 Å².